The minimum absolute atomic E-state index is 0.0189. The van der Waals surface area contributed by atoms with Crippen LogP contribution in [0.15, 0.2) is 72.6 Å². The number of nitrogens with one attached hydrogen (secondary N) is 3. The van der Waals surface area contributed by atoms with E-state index in [4.69, 9.17) is 5.26 Å². The first kappa shape index (κ1) is 22.9. The third kappa shape index (κ3) is 5.07. The number of hydrogen-bond donors (Lipinski definition) is 3. The van der Waals surface area contributed by atoms with Crippen molar-refractivity contribution in [2.45, 2.75) is 0 Å². The van der Waals surface area contributed by atoms with Crippen LogP contribution in [0.2, 0.25) is 0 Å². The summed E-state index contributed by atoms with van der Waals surface area (Å²) in [5.74, 6) is -2.29. The van der Waals surface area contributed by atoms with Crippen LogP contribution in [0.4, 0.5) is 14.9 Å². The lowest BCUT2D eigenvalue weighted by Crippen LogP contribution is -2.38. The number of anilines is 1. The van der Waals surface area contributed by atoms with E-state index in [0.29, 0.717) is 22.6 Å². The smallest absolute Gasteiger partial charge is 0.325 e. The second-order valence-corrected chi connectivity index (χ2v) is 7.35. The van der Waals surface area contributed by atoms with Gasteiger partial charge < -0.3 is 15.2 Å². The van der Waals surface area contributed by atoms with Gasteiger partial charge in [0.1, 0.15) is 18.1 Å². The van der Waals surface area contributed by atoms with Crippen molar-refractivity contribution in [3.8, 4) is 11.9 Å². The summed E-state index contributed by atoms with van der Waals surface area (Å²) in [6.07, 6.45) is 4.77. The second kappa shape index (κ2) is 9.72. The fourth-order valence-corrected chi connectivity index (χ4v) is 3.38. The lowest BCUT2D eigenvalue weighted by molar-refractivity contribution is -0.127. The maximum absolute atomic E-state index is 13.0. The minimum Gasteiger partial charge on any atom is -0.325 e. The van der Waals surface area contributed by atoms with Crippen LogP contribution in [0, 0.1) is 17.3 Å². The quantitative estimate of drug-likeness (QED) is 0.219. The first-order chi connectivity index (χ1) is 16.9. The summed E-state index contributed by atoms with van der Waals surface area (Å²) in [6.45, 7) is -0.521. The molecule has 1 aliphatic rings. The Morgan fingerprint density at radius 2 is 1.77 bits per heavy atom. The number of hydrogen-bond acceptors (Lipinski definition) is 5. The van der Waals surface area contributed by atoms with Crippen molar-refractivity contribution in [2.75, 3.05) is 11.9 Å². The largest absolute Gasteiger partial charge is 0.329 e. The van der Waals surface area contributed by atoms with Crippen molar-refractivity contribution in [1.29, 1.82) is 5.26 Å². The second-order valence-electron chi connectivity index (χ2n) is 7.35. The van der Waals surface area contributed by atoms with Crippen LogP contribution >= 0.6 is 0 Å². The van der Waals surface area contributed by atoms with E-state index >= 15 is 0 Å². The zero-order valence-electron chi connectivity index (χ0n) is 18.0. The molecule has 1 fully saturated rings. The molecule has 0 aliphatic carbocycles. The van der Waals surface area contributed by atoms with Gasteiger partial charge in [-0.25, -0.2) is 14.1 Å². The topological polar surface area (TPSA) is 136 Å². The highest BCUT2D eigenvalue weighted by atomic mass is 19.1. The number of aromatic nitrogens is 1. The average Bonchev–Trinajstić information content (AvgIpc) is 3.41. The molecule has 0 bridgehead atoms. The fourth-order valence-electron chi connectivity index (χ4n) is 3.38. The molecule has 0 spiro atoms. The molecule has 3 aromatic rings. The molecule has 1 aliphatic heterocycles. The molecular formula is C24H17FN6O4. The Balaban J connectivity index is 1.48. The Hall–Kier alpha value is -5.24. The van der Waals surface area contributed by atoms with Crippen LogP contribution in [-0.4, -0.2) is 39.8 Å². The highest BCUT2D eigenvalue weighted by Gasteiger charge is 2.35. The van der Waals surface area contributed by atoms with E-state index in [1.807, 2.05) is 5.32 Å². The molecule has 2 heterocycles. The third-order valence-corrected chi connectivity index (χ3v) is 5.04. The van der Waals surface area contributed by atoms with E-state index in [2.05, 4.69) is 10.6 Å². The Kier molecular flexibility index (Phi) is 6.37. The Morgan fingerprint density at radius 1 is 1.06 bits per heavy atom. The molecular weight excluding hydrogens is 455 g/mol. The highest BCUT2D eigenvalue weighted by molar-refractivity contribution is 6.15. The van der Waals surface area contributed by atoms with Gasteiger partial charge in [0.05, 0.1) is 0 Å². The number of benzene rings is 2. The van der Waals surface area contributed by atoms with Crippen molar-refractivity contribution >= 4 is 35.5 Å². The van der Waals surface area contributed by atoms with Crippen LogP contribution in [0.3, 0.4) is 0 Å². The van der Waals surface area contributed by atoms with Gasteiger partial charge in [-0.3, -0.25) is 19.7 Å². The van der Waals surface area contributed by atoms with Gasteiger partial charge >= 0.3 is 6.03 Å². The molecule has 0 unspecified atom stereocenters. The summed E-state index contributed by atoms with van der Waals surface area (Å²) in [5, 5.41) is 15.6. The summed E-state index contributed by atoms with van der Waals surface area (Å²) in [7, 11) is 0. The van der Waals surface area contributed by atoms with Crippen LogP contribution in [0.1, 0.15) is 16.1 Å². The van der Waals surface area contributed by atoms with Crippen molar-refractivity contribution in [1.82, 2.24) is 20.1 Å². The average molecular weight is 472 g/mol. The molecule has 4 rings (SSSR count). The van der Waals surface area contributed by atoms with Gasteiger partial charge in [-0.1, -0.05) is 0 Å². The van der Waals surface area contributed by atoms with Gasteiger partial charge in [0.25, 0.3) is 11.8 Å². The number of carbonyl (C=O) groups is 4. The molecule has 174 valence electrons. The third-order valence-electron chi connectivity index (χ3n) is 5.04. The summed E-state index contributed by atoms with van der Waals surface area (Å²) in [4.78, 5) is 49.9. The first-order valence-corrected chi connectivity index (χ1v) is 10.2. The summed E-state index contributed by atoms with van der Waals surface area (Å²) < 4.78 is 14.7. The van der Waals surface area contributed by atoms with Crippen molar-refractivity contribution in [3.05, 3.63) is 89.6 Å². The zero-order chi connectivity index (χ0) is 24.9. The van der Waals surface area contributed by atoms with Gasteiger partial charge in [-0.2, -0.15) is 5.26 Å². The molecule has 10 nitrogen and oxygen atoms in total. The number of nitriles is 1. The fraction of sp³-hybridized carbons (Fsp3) is 0.0417. The number of carbonyl (C=O) groups excluding carboxylic acids is 4. The van der Waals surface area contributed by atoms with E-state index < -0.39 is 36.1 Å². The van der Waals surface area contributed by atoms with Gasteiger partial charge in [0.2, 0.25) is 5.91 Å². The monoisotopic (exact) mass is 472 g/mol. The van der Waals surface area contributed by atoms with E-state index in [1.54, 1.807) is 53.4 Å². The van der Waals surface area contributed by atoms with Gasteiger partial charge in [0.15, 0.2) is 6.19 Å². The van der Waals surface area contributed by atoms with Crippen LogP contribution in [0.25, 0.3) is 11.8 Å². The number of halogens is 1. The normalized spacial score (nSPS) is 13.9. The maximum Gasteiger partial charge on any atom is 0.329 e. The van der Waals surface area contributed by atoms with Gasteiger partial charge in [-0.05, 0) is 66.7 Å². The molecule has 2 aromatic carbocycles. The molecule has 5 amide bonds. The number of nitrogens with zero attached hydrogens (tertiary/aromatic N) is 3. The van der Waals surface area contributed by atoms with Crippen LogP contribution in [-0.2, 0) is 9.59 Å². The predicted molar refractivity (Wildman–Crippen MR) is 122 cm³/mol. The van der Waals surface area contributed by atoms with E-state index in [9.17, 15) is 23.6 Å². The van der Waals surface area contributed by atoms with E-state index in [1.165, 1.54) is 30.3 Å². The SMILES string of the molecule is N#CNC(=O)c1ccc(-n2cccc2/C=C2\NC(=O)N(CC(=O)Nc3ccc(F)cc3)C2=O)cc1. The molecule has 0 radical (unpaired) electrons. The number of amides is 5. The van der Waals surface area contributed by atoms with Gasteiger partial charge in [0, 0.05) is 28.8 Å². The molecule has 35 heavy (non-hydrogen) atoms. The summed E-state index contributed by atoms with van der Waals surface area (Å²) >= 11 is 0. The maximum atomic E-state index is 13.0. The Labute approximate surface area is 198 Å². The van der Waals surface area contributed by atoms with Crippen LogP contribution < -0.4 is 16.0 Å². The molecule has 11 heteroatoms. The number of urea groups is 1. The first-order valence-electron chi connectivity index (χ1n) is 10.2. The molecule has 1 aromatic heterocycles. The highest BCUT2D eigenvalue weighted by Crippen LogP contribution is 2.19. The summed E-state index contributed by atoms with van der Waals surface area (Å²) in [5.41, 5.74) is 1.83. The van der Waals surface area contributed by atoms with Crippen LogP contribution in [0.5, 0.6) is 0 Å². The minimum atomic E-state index is -0.749. The Morgan fingerprint density at radius 3 is 2.46 bits per heavy atom. The van der Waals surface area contributed by atoms with E-state index in [0.717, 1.165) is 4.90 Å². The number of rotatable bonds is 6. The van der Waals surface area contributed by atoms with E-state index in [-0.39, 0.29) is 5.70 Å². The summed E-state index contributed by atoms with van der Waals surface area (Å²) in [6, 6.07) is 14.2. The molecule has 1 saturated heterocycles. The van der Waals surface area contributed by atoms with Crippen molar-refractivity contribution in [2.24, 2.45) is 0 Å². The van der Waals surface area contributed by atoms with Crippen molar-refractivity contribution in [3.63, 3.8) is 0 Å². The lowest BCUT2D eigenvalue weighted by atomic mass is 10.2. The molecule has 0 saturated carbocycles. The molecule has 0 atom stereocenters. The Bertz CT molecular complexity index is 1390. The zero-order valence-corrected chi connectivity index (χ0v) is 18.0. The number of imide groups is 1. The van der Waals surface area contributed by atoms with Crippen molar-refractivity contribution < 1.29 is 23.6 Å². The standard InChI is InChI=1S/C24H17FN6O4/c25-16-5-7-17(8-6-16)28-21(32)13-31-23(34)20(29-24(31)35)12-19-2-1-11-30(19)18-9-3-15(4-10-18)22(33)27-14-26/h1-12H,13H2,(H,27,33)(H,28,32)(H,29,35)/b20-12-. The molecule has 3 N–H and O–H groups in total. The predicted octanol–water partition coefficient (Wildman–Crippen LogP) is 2.36. The van der Waals surface area contributed by atoms with Gasteiger partial charge in [-0.15, -0.1) is 0 Å². The lowest BCUT2D eigenvalue weighted by Gasteiger charge is -2.12.